The number of carbonyl (C=O) groups excluding carboxylic acids is 1. The first-order valence-electron chi connectivity index (χ1n) is 13.1. The molecule has 1 heterocycles. The molecule has 200 valence electrons. The van der Waals surface area contributed by atoms with Gasteiger partial charge in [0.05, 0.1) is 11.7 Å². The van der Waals surface area contributed by atoms with Crippen LogP contribution in [0, 0.1) is 17.3 Å². The Bertz CT molecular complexity index is 913. The summed E-state index contributed by atoms with van der Waals surface area (Å²) in [4.78, 5) is 12.5. The topological polar surface area (TPSA) is 82.8 Å². The summed E-state index contributed by atoms with van der Waals surface area (Å²) in [5.74, 6) is 0.555. The van der Waals surface area contributed by atoms with E-state index in [0.29, 0.717) is 37.8 Å². The van der Waals surface area contributed by atoms with Crippen molar-refractivity contribution in [2.75, 3.05) is 13.1 Å². The van der Waals surface area contributed by atoms with Crippen LogP contribution in [0.25, 0.3) is 0 Å². The first kappa shape index (κ1) is 27.3. The van der Waals surface area contributed by atoms with Gasteiger partial charge in [-0.15, -0.1) is 13.2 Å². The van der Waals surface area contributed by atoms with Gasteiger partial charge >= 0.3 is 13.5 Å². The highest BCUT2D eigenvalue weighted by Gasteiger charge is 2.68. The molecular weight excluding hydrogens is 472 g/mol. The average Bonchev–Trinajstić information content (AvgIpc) is 3.16. The number of nitrogens with two attached hydrogens (primary N) is 1. The number of rotatable bonds is 11. The lowest BCUT2D eigenvalue weighted by Gasteiger charge is -2.64. The minimum Gasteiger partial charge on any atom is -0.406 e. The van der Waals surface area contributed by atoms with Gasteiger partial charge < -0.3 is 25.1 Å². The number of benzene rings is 1. The summed E-state index contributed by atoms with van der Waals surface area (Å²) >= 11 is 0. The van der Waals surface area contributed by atoms with Gasteiger partial charge in [0.1, 0.15) is 5.75 Å². The van der Waals surface area contributed by atoms with Crippen LogP contribution in [0.3, 0.4) is 0 Å². The maximum atomic E-state index is 12.5. The molecule has 0 radical (unpaired) electrons. The maximum absolute atomic E-state index is 12.5. The minimum absolute atomic E-state index is 0.0105. The molecule has 4 aliphatic rings. The summed E-state index contributed by atoms with van der Waals surface area (Å²) in [5.41, 5.74) is 6.18. The van der Waals surface area contributed by atoms with Gasteiger partial charge in [-0.3, -0.25) is 4.79 Å². The van der Waals surface area contributed by atoms with E-state index in [-0.39, 0.29) is 34.6 Å². The highest BCUT2D eigenvalue weighted by Crippen LogP contribution is 2.66. The molecule has 0 spiro atoms. The molecule has 1 aromatic carbocycles. The lowest BCUT2D eigenvalue weighted by molar-refractivity contribution is -0.274. The predicted octanol–water partition coefficient (Wildman–Crippen LogP) is 4.86. The second-order valence-electron chi connectivity index (χ2n) is 11.4. The normalized spacial score (nSPS) is 29.3. The number of ether oxygens (including phenoxy) is 1. The highest BCUT2D eigenvalue weighted by atomic mass is 19.4. The van der Waals surface area contributed by atoms with Crippen LogP contribution in [-0.4, -0.2) is 44.2 Å². The smallest absolute Gasteiger partial charge is 0.406 e. The Hall–Kier alpha value is -1.78. The molecule has 36 heavy (non-hydrogen) atoms. The molecule has 1 aliphatic heterocycles. The van der Waals surface area contributed by atoms with Crippen LogP contribution >= 0.6 is 0 Å². The minimum atomic E-state index is -4.73. The molecule has 6 nitrogen and oxygen atoms in total. The highest BCUT2D eigenvalue weighted by molar-refractivity contribution is 6.47. The summed E-state index contributed by atoms with van der Waals surface area (Å²) in [6.45, 7) is 7.73. The van der Waals surface area contributed by atoms with Crippen molar-refractivity contribution in [2.45, 2.75) is 89.6 Å². The quantitative estimate of drug-likeness (QED) is 0.328. The van der Waals surface area contributed by atoms with Gasteiger partial charge in [-0.1, -0.05) is 32.4 Å². The number of halogens is 3. The summed E-state index contributed by atoms with van der Waals surface area (Å²) in [7, 11) is -0.501. The fourth-order valence-corrected chi connectivity index (χ4v) is 6.44. The van der Waals surface area contributed by atoms with Crippen molar-refractivity contribution < 1.29 is 32.0 Å². The lowest BCUT2D eigenvalue weighted by atomic mass is 9.43. The first-order chi connectivity index (χ1) is 16.9. The van der Waals surface area contributed by atoms with Crippen LogP contribution in [0.4, 0.5) is 13.2 Å². The van der Waals surface area contributed by atoms with Crippen LogP contribution in [0.5, 0.6) is 5.75 Å². The molecule has 3 N–H and O–H groups in total. The van der Waals surface area contributed by atoms with Crippen molar-refractivity contribution in [3.05, 3.63) is 29.8 Å². The Balaban J connectivity index is 1.43. The summed E-state index contributed by atoms with van der Waals surface area (Å²) in [6, 6.07) is 5.86. The summed E-state index contributed by atoms with van der Waals surface area (Å²) in [5, 5.41) is 3.03. The fraction of sp³-hybridized carbons (Fsp3) is 0.731. The molecule has 2 bridgehead atoms. The van der Waals surface area contributed by atoms with Gasteiger partial charge in [-0.05, 0) is 80.5 Å². The lowest BCUT2D eigenvalue weighted by Crippen LogP contribution is -2.65. The number of carbonyl (C=O) groups is 1. The van der Waals surface area contributed by atoms with E-state index in [1.54, 1.807) is 12.1 Å². The third-order valence-electron chi connectivity index (χ3n) is 8.68. The molecule has 4 fully saturated rings. The van der Waals surface area contributed by atoms with Crippen molar-refractivity contribution in [1.29, 1.82) is 0 Å². The van der Waals surface area contributed by atoms with Crippen LogP contribution in [0.15, 0.2) is 24.3 Å². The SMILES string of the molecule is CC1(C)C2CC3OB(C(CNC(=O)CCCCCN)Cc4ccc(OC(F)(F)F)cc4)O[C@]3(C)C1C2. The van der Waals surface area contributed by atoms with Crippen molar-refractivity contribution in [2.24, 2.45) is 23.0 Å². The number of alkyl halides is 3. The zero-order chi connectivity index (χ0) is 26.1. The van der Waals surface area contributed by atoms with Gasteiger partial charge in [0, 0.05) is 18.8 Å². The monoisotopic (exact) mass is 510 g/mol. The van der Waals surface area contributed by atoms with Crippen molar-refractivity contribution in [3.63, 3.8) is 0 Å². The molecule has 5 rings (SSSR count). The van der Waals surface area contributed by atoms with Crippen LogP contribution in [0.1, 0.15) is 64.9 Å². The van der Waals surface area contributed by atoms with E-state index in [9.17, 15) is 18.0 Å². The average molecular weight is 510 g/mol. The van der Waals surface area contributed by atoms with Gasteiger partial charge in [0.2, 0.25) is 5.91 Å². The Morgan fingerprint density at radius 3 is 2.56 bits per heavy atom. The third-order valence-corrected chi connectivity index (χ3v) is 8.68. The molecule has 1 saturated heterocycles. The fourth-order valence-electron chi connectivity index (χ4n) is 6.44. The van der Waals surface area contributed by atoms with Crippen LogP contribution in [0.2, 0.25) is 5.82 Å². The molecule has 3 saturated carbocycles. The van der Waals surface area contributed by atoms with Gasteiger partial charge in [-0.25, -0.2) is 0 Å². The second kappa shape index (κ2) is 10.5. The van der Waals surface area contributed by atoms with Crippen molar-refractivity contribution >= 4 is 13.0 Å². The van der Waals surface area contributed by atoms with E-state index in [0.717, 1.165) is 37.7 Å². The number of nitrogens with one attached hydrogen (secondary N) is 1. The standard InChI is InChI=1S/C26H38BF3N2O4/c1-24(2)18-14-21(24)25(3)22(15-18)35-27(36-25)19(16-32-23(33)7-5-4-6-12-31)13-17-8-10-20(11-9-17)34-26(28,29)30/h8-11,18-19,21-22H,4-7,12-16,31H2,1-3H3,(H,32,33)/t18?,19?,21?,22?,25-/m1/s1. The van der Waals surface area contributed by atoms with E-state index in [1.165, 1.54) is 12.1 Å². The molecule has 3 aliphatic carbocycles. The van der Waals surface area contributed by atoms with Crippen LogP contribution in [-0.2, 0) is 20.5 Å². The van der Waals surface area contributed by atoms with E-state index < -0.39 is 13.5 Å². The van der Waals surface area contributed by atoms with E-state index >= 15 is 0 Å². The summed E-state index contributed by atoms with van der Waals surface area (Å²) < 4.78 is 54.7. The zero-order valence-electron chi connectivity index (χ0n) is 21.4. The molecule has 10 heteroatoms. The van der Waals surface area contributed by atoms with E-state index in [2.05, 4.69) is 30.8 Å². The maximum Gasteiger partial charge on any atom is 0.573 e. The number of hydrogen-bond donors (Lipinski definition) is 2. The second-order valence-corrected chi connectivity index (χ2v) is 11.4. The predicted molar refractivity (Wildman–Crippen MR) is 131 cm³/mol. The van der Waals surface area contributed by atoms with Crippen molar-refractivity contribution in [3.8, 4) is 5.75 Å². The molecule has 1 aromatic rings. The zero-order valence-corrected chi connectivity index (χ0v) is 21.4. The largest absolute Gasteiger partial charge is 0.573 e. The molecule has 0 aromatic heterocycles. The number of hydrogen-bond acceptors (Lipinski definition) is 5. The van der Waals surface area contributed by atoms with Crippen LogP contribution < -0.4 is 15.8 Å². The van der Waals surface area contributed by atoms with Gasteiger partial charge in [0.25, 0.3) is 0 Å². The van der Waals surface area contributed by atoms with Gasteiger partial charge in [-0.2, -0.15) is 0 Å². The Morgan fingerprint density at radius 1 is 1.19 bits per heavy atom. The van der Waals surface area contributed by atoms with Gasteiger partial charge in [0.15, 0.2) is 0 Å². The molecular formula is C26H38BF3N2O4. The third kappa shape index (κ3) is 5.86. The Morgan fingerprint density at radius 2 is 1.92 bits per heavy atom. The number of amides is 1. The summed E-state index contributed by atoms with van der Waals surface area (Å²) in [6.07, 6.45) is 0.885. The number of unbranched alkanes of at least 4 members (excludes halogenated alkanes) is 2. The molecule has 4 unspecified atom stereocenters. The van der Waals surface area contributed by atoms with E-state index in [4.69, 9.17) is 15.0 Å². The Labute approximate surface area is 211 Å². The molecule has 5 atom stereocenters. The Kier molecular flexibility index (Phi) is 7.98. The molecule has 1 amide bonds. The van der Waals surface area contributed by atoms with Crippen molar-refractivity contribution in [1.82, 2.24) is 5.32 Å². The van der Waals surface area contributed by atoms with E-state index in [1.807, 2.05) is 0 Å². The first-order valence-corrected chi connectivity index (χ1v) is 13.1.